The maximum Gasteiger partial charge on any atom is 0.346 e. The summed E-state index contributed by atoms with van der Waals surface area (Å²) in [6.07, 6.45) is 40.9. The summed E-state index contributed by atoms with van der Waals surface area (Å²) < 4.78 is 7.85. The standard InChI is InChI=1S/C55H58BrN5O5.C43H57N5O4.C12H5BrO3.CH4/c56-43-19-18-39-49-38(43)8-3-9-40(49)55(62)59-46-21-29(60(63)64)20-41-42(45(61(65)66)22-44(53(41)46)57-54(39)59)25-58-23-27-10-12-32-36-16-14-34-30-6-1-4-26-5-2-7-31(48(26)30)35-15-17-37(52(36)51(34)35)33-13-11-28(24-58)47(27)50(32)33;44-35-16-24(47(49)50)15-33-34(37(48(51)52)17-36(45)43(33)35)20-46-18-22-7-9-27-31-13-11-29-25-5-1-3-21-4-2-6-26(39(21)25)30-12-14-32(42(31)41(29)30)28-10-8-23(19-46)38(22)40(27)28;13-9-5-4-8-10-6(9)2-1-3-7(10)11(14)16-12(8)15;/h3,8-9,18-22,26-28,30-37,47-48,50-52H,1-2,4-7,10-17,23-25H2;15-17,21-23,25-32,38-42H,1-14,18-20,44-45H2;1-5H;1H4. The van der Waals surface area contributed by atoms with Crippen molar-refractivity contribution in [1.29, 1.82) is 0 Å². The second kappa shape index (κ2) is 32.4. The summed E-state index contributed by atoms with van der Waals surface area (Å²) in [5, 5.41) is 56.5. The Kier molecular flexibility index (Phi) is 20.7. The summed E-state index contributed by atoms with van der Waals surface area (Å²) >= 11 is 7.04. The first-order chi connectivity index (χ1) is 65.2. The molecular weight excluding hydrogens is 1830 g/mol. The maximum atomic E-state index is 14.6. The number of esters is 2. The van der Waals surface area contributed by atoms with Gasteiger partial charge < -0.3 is 16.2 Å². The number of cyclic esters (lactones) is 2. The number of nitrogen functional groups attached to an aromatic ring is 2. The third-order valence-corrected chi connectivity index (χ3v) is 44.1. The van der Waals surface area contributed by atoms with Crippen LogP contribution < -0.4 is 17.0 Å². The first-order valence-electron chi connectivity index (χ1n) is 52.1. The highest BCUT2D eigenvalue weighted by Gasteiger charge is 2.70. The Morgan fingerprint density at radius 3 is 1.15 bits per heavy atom. The van der Waals surface area contributed by atoms with E-state index in [9.17, 15) is 54.8 Å². The van der Waals surface area contributed by atoms with Crippen molar-refractivity contribution in [3.8, 4) is 0 Å². The summed E-state index contributed by atoms with van der Waals surface area (Å²) in [5.74, 6) is 28.3. The third kappa shape index (κ3) is 12.8. The number of likely N-dealkylation sites (tertiary alicyclic amines) is 2. The number of halogens is 2. The molecule has 10 aromatic rings. The number of carbonyl (C=O) groups excluding carboxylic acids is 2. The zero-order chi connectivity index (χ0) is 90.5. The first-order valence-corrected chi connectivity index (χ1v) is 53.7. The molecule has 0 amide bonds. The molecule has 29 rings (SSSR count). The predicted molar refractivity (Wildman–Crippen MR) is 529 cm³/mol. The lowest BCUT2D eigenvalue weighted by Crippen LogP contribution is -2.66. The third-order valence-electron chi connectivity index (χ3n) is 42.8. The average Bonchev–Trinajstić information content (AvgIpc) is 0.701. The number of hydrogen-bond acceptors (Lipinski definition) is 17. The summed E-state index contributed by atoms with van der Waals surface area (Å²) in [4.78, 5) is 96.3. The molecular formula is C111H124Br2N10O12. The number of nitrogens with zero attached hydrogens (tertiary/aromatic N) is 8. The summed E-state index contributed by atoms with van der Waals surface area (Å²) in [5.41, 5.74) is 15.2. The fraction of sp³-hybridized carbons (Fsp3) is 0.604. The molecule has 24 heteroatoms. The normalized spacial score (nSPS) is 38.3. The number of nitro groups is 4. The monoisotopic (exact) mass is 1950 g/mol. The van der Waals surface area contributed by atoms with Crippen molar-refractivity contribution in [3.05, 3.63) is 179 Å². The van der Waals surface area contributed by atoms with Gasteiger partial charge >= 0.3 is 11.9 Å². The number of fused-ring (bicyclic) bond motifs is 12. The molecule has 20 unspecified atom stereocenters. The van der Waals surface area contributed by atoms with Crippen LogP contribution >= 0.6 is 31.9 Å². The van der Waals surface area contributed by atoms with Gasteiger partial charge in [-0.05, 0) is 365 Å². The Morgan fingerprint density at radius 2 is 0.711 bits per heavy atom. The van der Waals surface area contributed by atoms with Crippen LogP contribution in [0.5, 0.6) is 0 Å². The van der Waals surface area contributed by atoms with Crippen molar-refractivity contribution in [2.45, 2.75) is 200 Å². The van der Waals surface area contributed by atoms with Crippen LogP contribution in [0.1, 0.15) is 219 Å². The molecule has 8 aromatic carbocycles. The number of benzene rings is 8. The van der Waals surface area contributed by atoms with Gasteiger partial charge in [0, 0.05) is 139 Å². The van der Waals surface area contributed by atoms with Crippen molar-refractivity contribution in [1.82, 2.24) is 19.2 Å². The molecule has 2 aromatic heterocycles. The van der Waals surface area contributed by atoms with Gasteiger partial charge in [-0.15, -0.1) is 0 Å². The summed E-state index contributed by atoms with van der Waals surface area (Å²) in [6, 6.07) is 26.8. The van der Waals surface area contributed by atoms with Crippen LogP contribution in [0.2, 0.25) is 0 Å². The number of carbonyl (C=O) groups is 2. The van der Waals surface area contributed by atoms with Crippen molar-refractivity contribution in [3.63, 3.8) is 0 Å². The van der Waals surface area contributed by atoms with E-state index in [1.54, 1.807) is 49.2 Å². The quantitative estimate of drug-likeness (QED) is 0.0272. The molecule has 18 fully saturated rings. The molecule has 135 heavy (non-hydrogen) atoms. The average molecular weight is 1950 g/mol. The molecule has 0 radical (unpaired) electrons. The van der Waals surface area contributed by atoms with Crippen LogP contribution in [-0.2, 0) is 17.8 Å². The van der Waals surface area contributed by atoms with Gasteiger partial charge in [0.2, 0.25) is 0 Å². The van der Waals surface area contributed by atoms with E-state index in [0.717, 1.165) is 217 Å². The number of ether oxygens (including phenoxy) is 1. The minimum absolute atomic E-state index is 0. The van der Waals surface area contributed by atoms with Crippen molar-refractivity contribution in [2.75, 3.05) is 37.6 Å². The van der Waals surface area contributed by atoms with Crippen molar-refractivity contribution < 1.29 is 34.0 Å². The van der Waals surface area contributed by atoms with Gasteiger partial charge in [-0.1, -0.05) is 115 Å². The van der Waals surface area contributed by atoms with Gasteiger partial charge in [0.1, 0.15) is 5.65 Å². The Labute approximate surface area is 802 Å². The Balaban J connectivity index is 0.000000122. The van der Waals surface area contributed by atoms with Gasteiger partial charge in [-0.25, -0.2) is 14.6 Å². The minimum atomic E-state index is -0.582. The van der Waals surface area contributed by atoms with Crippen LogP contribution in [0.25, 0.3) is 70.5 Å². The van der Waals surface area contributed by atoms with Crippen molar-refractivity contribution in [2.24, 2.45) is 189 Å². The molecule has 16 aliphatic carbocycles. The van der Waals surface area contributed by atoms with Gasteiger partial charge in [0.05, 0.1) is 53.0 Å². The molecule has 22 nitrogen and oxygen atoms in total. The van der Waals surface area contributed by atoms with E-state index in [-0.39, 0.29) is 57.0 Å². The van der Waals surface area contributed by atoms with Gasteiger partial charge in [-0.3, -0.25) is 59.5 Å². The second-order valence-electron chi connectivity index (χ2n) is 46.8. The highest BCUT2D eigenvalue weighted by Crippen LogP contribution is 2.76. The molecule has 16 saturated carbocycles. The summed E-state index contributed by atoms with van der Waals surface area (Å²) in [6.45, 7) is 4.49. The van der Waals surface area contributed by atoms with Crippen LogP contribution in [0.3, 0.4) is 0 Å². The zero-order valence-corrected chi connectivity index (χ0v) is 79.3. The highest BCUT2D eigenvalue weighted by molar-refractivity contribution is 9.11. The minimum Gasteiger partial charge on any atom is -0.398 e. The highest BCUT2D eigenvalue weighted by atomic mass is 79.9. The fourth-order valence-electron chi connectivity index (χ4n) is 39.7. The van der Waals surface area contributed by atoms with E-state index in [1.807, 2.05) is 30.3 Å². The lowest BCUT2D eigenvalue weighted by atomic mass is 9.34. The molecule has 0 spiro atoms. The van der Waals surface area contributed by atoms with E-state index >= 15 is 0 Å². The molecule has 704 valence electrons. The molecule has 19 aliphatic rings. The Hall–Kier alpha value is -8.84. The number of anilines is 2. The number of aromatic nitrogens is 2. The van der Waals surface area contributed by atoms with Crippen LogP contribution in [0.4, 0.5) is 34.1 Å². The molecule has 3 aliphatic heterocycles. The maximum absolute atomic E-state index is 14.6. The number of nitro benzene ring substituents is 4. The topological polar surface area (TPSA) is 309 Å². The number of nitrogens with two attached hydrogens (primary N) is 2. The predicted octanol–water partition coefficient (Wildman–Crippen LogP) is 25.2. The molecule has 20 atom stereocenters. The van der Waals surface area contributed by atoms with Gasteiger partial charge in [-0.2, -0.15) is 0 Å². The second-order valence-corrected chi connectivity index (χ2v) is 48.5. The number of non-ortho nitro benzene ring substituents is 2. The van der Waals surface area contributed by atoms with Crippen LogP contribution in [-0.4, -0.2) is 77.0 Å². The van der Waals surface area contributed by atoms with Crippen molar-refractivity contribution >= 4 is 148 Å². The first kappa shape index (κ1) is 86.5. The molecule has 5 heterocycles. The van der Waals surface area contributed by atoms with E-state index in [0.29, 0.717) is 113 Å². The number of piperidine rings is 2. The molecule has 2 saturated heterocycles. The van der Waals surface area contributed by atoms with Crippen LogP contribution in [0, 0.1) is 230 Å². The number of hydrogen-bond donors (Lipinski definition) is 2. The zero-order valence-electron chi connectivity index (χ0n) is 76.1. The fourth-order valence-corrected chi connectivity index (χ4v) is 40.6. The lowest BCUT2D eigenvalue weighted by Gasteiger charge is -2.71. The molecule has 4 N–H and O–H groups in total. The largest absolute Gasteiger partial charge is 0.398 e. The smallest absolute Gasteiger partial charge is 0.346 e. The van der Waals surface area contributed by atoms with E-state index in [2.05, 4.69) is 46.4 Å². The molecule has 0 bridgehead atoms. The van der Waals surface area contributed by atoms with Crippen LogP contribution in [0.15, 0.2) is 111 Å². The van der Waals surface area contributed by atoms with E-state index in [1.165, 1.54) is 202 Å². The van der Waals surface area contributed by atoms with E-state index < -0.39 is 21.8 Å². The van der Waals surface area contributed by atoms with Gasteiger partial charge in [0.25, 0.3) is 28.3 Å². The SMILES string of the molecule is C.Nc1cc([N+](=O)[O-])cc2c(CN3CC4CCC5C6CCC7C8CCCC9CCCC(C%10CCC(C%11CCC(C3)C4C5%11)C6C7%10)C98)c([N+](=O)[O-])cc(N)c12.O=C1OC(=O)c2ccc(Br)c3cccc1c23.O=c1c2cccc3c(Br)ccc(c32)c2nc3cc([N+](=O)[O-])c(CN4CC5CCC6C7CCC8C9CCCC%10CCCC(C%11CCC(C%12CCC(C4)C5C6%12)C7C8%11)C%109)c4cc([N+](=O)[O-])cc(c34)n12. The Bertz CT molecular complexity index is 6610. The Morgan fingerprint density at radius 1 is 0.348 bits per heavy atom. The number of pyridine rings is 1. The van der Waals surface area contributed by atoms with Gasteiger partial charge in [0.15, 0.2) is 0 Å². The number of rotatable bonds is 8. The van der Waals surface area contributed by atoms with E-state index in [4.69, 9.17) is 16.5 Å². The lowest BCUT2D eigenvalue weighted by molar-refractivity contribution is -0.385. The summed E-state index contributed by atoms with van der Waals surface area (Å²) in [7, 11) is 0.